The van der Waals surface area contributed by atoms with Crippen LogP contribution < -0.4 is 0 Å². The minimum Gasteiger partial charge on any atom is -0.258 e. The van der Waals surface area contributed by atoms with Gasteiger partial charge in [-0.05, 0) is 6.08 Å². The molecular formula is C9H7N3O2. The predicted octanol–water partition coefficient (Wildman–Crippen LogP) is 1.92. The molecule has 0 bridgehead atoms. The van der Waals surface area contributed by atoms with Gasteiger partial charge in [0.15, 0.2) is 0 Å². The summed E-state index contributed by atoms with van der Waals surface area (Å²) in [7, 11) is 0. The third kappa shape index (κ3) is 2.68. The van der Waals surface area contributed by atoms with Crippen LogP contribution in [0, 0.1) is 21.4 Å². The van der Waals surface area contributed by atoms with Crippen molar-refractivity contribution in [2.75, 3.05) is 0 Å². The van der Waals surface area contributed by atoms with E-state index in [1.807, 2.05) is 6.07 Å². The van der Waals surface area contributed by atoms with E-state index in [0.717, 1.165) is 0 Å². The Kier molecular flexibility index (Phi) is 3.33. The van der Waals surface area contributed by atoms with Gasteiger partial charge in [0, 0.05) is 18.3 Å². The van der Waals surface area contributed by atoms with E-state index in [1.165, 1.54) is 18.3 Å². The molecule has 0 radical (unpaired) electrons. The maximum atomic E-state index is 10.4. The van der Waals surface area contributed by atoms with Crippen molar-refractivity contribution < 1.29 is 4.92 Å². The summed E-state index contributed by atoms with van der Waals surface area (Å²) < 4.78 is 0. The number of nitrogens with zero attached hydrogens (tertiary/aromatic N) is 3. The number of hydrogen-bond donors (Lipinski definition) is 0. The third-order valence-electron chi connectivity index (χ3n) is 1.47. The number of nitriles is 1. The van der Waals surface area contributed by atoms with Gasteiger partial charge in [0.25, 0.3) is 5.69 Å². The molecule has 0 saturated carbocycles. The van der Waals surface area contributed by atoms with Crippen LogP contribution in [0.25, 0.3) is 6.08 Å². The molecule has 0 aromatic carbocycles. The Balaban J connectivity index is 2.85. The first-order valence-electron chi connectivity index (χ1n) is 3.88. The fraction of sp³-hybridized carbons (Fsp3) is 0.111. The number of rotatable bonds is 3. The van der Waals surface area contributed by atoms with Gasteiger partial charge >= 0.3 is 0 Å². The topological polar surface area (TPSA) is 79.8 Å². The van der Waals surface area contributed by atoms with E-state index in [4.69, 9.17) is 5.26 Å². The summed E-state index contributed by atoms with van der Waals surface area (Å²) in [6.45, 7) is 0. The Labute approximate surface area is 80.5 Å². The predicted molar refractivity (Wildman–Crippen MR) is 50.2 cm³/mol. The lowest BCUT2D eigenvalue weighted by molar-refractivity contribution is -0.384. The maximum absolute atomic E-state index is 10.4. The molecule has 0 aliphatic rings. The van der Waals surface area contributed by atoms with E-state index < -0.39 is 4.92 Å². The molecular weight excluding hydrogens is 182 g/mol. The average Bonchev–Trinajstić information content (AvgIpc) is 2.19. The van der Waals surface area contributed by atoms with Crippen molar-refractivity contribution in [1.82, 2.24) is 4.98 Å². The monoisotopic (exact) mass is 189 g/mol. The Bertz CT molecular complexity index is 407. The molecule has 0 unspecified atom stereocenters. The summed E-state index contributed by atoms with van der Waals surface area (Å²) in [5.41, 5.74) is 0.478. The van der Waals surface area contributed by atoms with Crippen molar-refractivity contribution in [2.24, 2.45) is 0 Å². The molecule has 0 aliphatic heterocycles. The smallest absolute Gasteiger partial charge is 0.258 e. The van der Waals surface area contributed by atoms with Crippen LogP contribution in [0.4, 0.5) is 5.69 Å². The quantitative estimate of drug-likeness (QED) is 0.537. The van der Waals surface area contributed by atoms with Crippen molar-refractivity contribution in [3.8, 4) is 6.07 Å². The minimum absolute atomic E-state index is 0.00314. The van der Waals surface area contributed by atoms with Crippen molar-refractivity contribution >= 4 is 11.8 Å². The lowest BCUT2D eigenvalue weighted by atomic mass is 10.3. The minimum atomic E-state index is -0.483. The number of hydrogen-bond acceptors (Lipinski definition) is 4. The maximum Gasteiger partial charge on any atom is 0.273 e. The fourth-order valence-electron chi connectivity index (χ4n) is 0.874. The summed E-state index contributed by atoms with van der Waals surface area (Å²) in [4.78, 5) is 13.8. The first kappa shape index (κ1) is 9.86. The van der Waals surface area contributed by atoms with E-state index in [1.54, 1.807) is 12.2 Å². The Hall–Kier alpha value is -2.22. The third-order valence-corrected chi connectivity index (χ3v) is 1.47. The van der Waals surface area contributed by atoms with Gasteiger partial charge in [-0.1, -0.05) is 6.08 Å². The largest absolute Gasteiger partial charge is 0.273 e. The standard InChI is InChI=1S/C9H7N3O2/c10-5-2-1-3-8-7-9(12(13)14)4-6-11-8/h1,3-4,6-7H,2H2. The molecule has 0 saturated heterocycles. The van der Waals surface area contributed by atoms with Crippen molar-refractivity contribution in [2.45, 2.75) is 6.42 Å². The van der Waals surface area contributed by atoms with Gasteiger partial charge in [0.1, 0.15) is 0 Å². The first-order chi connectivity index (χ1) is 6.74. The Morgan fingerprint density at radius 2 is 2.50 bits per heavy atom. The zero-order chi connectivity index (χ0) is 10.4. The average molecular weight is 189 g/mol. The lowest BCUT2D eigenvalue weighted by Crippen LogP contribution is -1.89. The molecule has 1 rings (SSSR count). The van der Waals surface area contributed by atoms with E-state index in [9.17, 15) is 10.1 Å². The second-order valence-corrected chi connectivity index (χ2v) is 2.46. The highest BCUT2D eigenvalue weighted by molar-refractivity contribution is 5.48. The molecule has 70 valence electrons. The molecule has 14 heavy (non-hydrogen) atoms. The van der Waals surface area contributed by atoms with Gasteiger partial charge < -0.3 is 0 Å². The molecule has 0 fully saturated rings. The highest BCUT2D eigenvalue weighted by Crippen LogP contribution is 2.11. The SMILES string of the molecule is N#CCC=Cc1cc([N+](=O)[O-])ccn1. The fourth-order valence-corrected chi connectivity index (χ4v) is 0.874. The second kappa shape index (κ2) is 4.72. The molecule has 5 heteroatoms. The lowest BCUT2D eigenvalue weighted by Gasteiger charge is -1.92. The van der Waals surface area contributed by atoms with Crippen LogP contribution in [0.2, 0.25) is 0 Å². The molecule has 5 nitrogen and oxygen atoms in total. The van der Waals surface area contributed by atoms with Crippen LogP contribution in [-0.2, 0) is 0 Å². The highest BCUT2D eigenvalue weighted by atomic mass is 16.6. The van der Waals surface area contributed by atoms with Gasteiger partial charge in [0.2, 0.25) is 0 Å². The van der Waals surface area contributed by atoms with Crippen molar-refractivity contribution in [1.29, 1.82) is 5.26 Å². The first-order valence-corrected chi connectivity index (χ1v) is 3.88. The summed E-state index contributed by atoms with van der Waals surface area (Å²) >= 11 is 0. The Morgan fingerprint density at radius 3 is 3.14 bits per heavy atom. The summed E-state index contributed by atoms with van der Waals surface area (Å²) in [6, 6.07) is 4.60. The summed E-state index contributed by atoms with van der Waals surface area (Å²) in [5, 5.41) is 18.6. The van der Waals surface area contributed by atoms with E-state index >= 15 is 0 Å². The van der Waals surface area contributed by atoms with Gasteiger partial charge in [-0.2, -0.15) is 5.26 Å². The number of aromatic nitrogens is 1. The second-order valence-electron chi connectivity index (χ2n) is 2.46. The highest BCUT2D eigenvalue weighted by Gasteiger charge is 2.04. The van der Waals surface area contributed by atoms with Crippen LogP contribution in [-0.4, -0.2) is 9.91 Å². The molecule has 0 spiro atoms. The molecule has 1 aromatic heterocycles. The number of allylic oxidation sites excluding steroid dienone is 1. The van der Waals surface area contributed by atoms with Gasteiger partial charge in [0.05, 0.1) is 23.1 Å². The summed E-state index contributed by atoms with van der Waals surface area (Å²) in [5.74, 6) is 0. The molecule has 0 N–H and O–H groups in total. The summed E-state index contributed by atoms with van der Waals surface area (Å²) in [6.07, 6.45) is 4.82. The zero-order valence-electron chi connectivity index (χ0n) is 7.25. The Morgan fingerprint density at radius 1 is 1.71 bits per heavy atom. The molecule has 1 heterocycles. The van der Waals surface area contributed by atoms with E-state index in [-0.39, 0.29) is 12.1 Å². The van der Waals surface area contributed by atoms with Gasteiger partial charge in [-0.25, -0.2) is 0 Å². The zero-order valence-corrected chi connectivity index (χ0v) is 7.25. The molecule has 0 atom stereocenters. The van der Waals surface area contributed by atoms with Crippen LogP contribution in [0.5, 0.6) is 0 Å². The number of pyridine rings is 1. The molecule has 0 amide bonds. The van der Waals surface area contributed by atoms with Gasteiger partial charge in [-0.15, -0.1) is 0 Å². The number of nitro groups is 1. The van der Waals surface area contributed by atoms with Crippen molar-refractivity contribution in [3.05, 3.63) is 40.2 Å². The molecule has 1 aromatic rings. The van der Waals surface area contributed by atoms with Gasteiger partial charge in [-0.3, -0.25) is 15.1 Å². The van der Waals surface area contributed by atoms with Crippen LogP contribution >= 0.6 is 0 Å². The van der Waals surface area contributed by atoms with Crippen LogP contribution in [0.15, 0.2) is 24.4 Å². The van der Waals surface area contributed by atoms with Crippen LogP contribution in [0.3, 0.4) is 0 Å². The normalized spacial score (nSPS) is 9.93. The molecule has 0 aliphatic carbocycles. The van der Waals surface area contributed by atoms with E-state index in [0.29, 0.717) is 5.69 Å². The van der Waals surface area contributed by atoms with Crippen molar-refractivity contribution in [3.63, 3.8) is 0 Å². The van der Waals surface area contributed by atoms with E-state index in [2.05, 4.69) is 4.98 Å². The van der Waals surface area contributed by atoms with Crippen LogP contribution in [0.1, 0.15) is 12.1 Å².